The molecule has 0 unspecified atom stereocenters. The third-order valence-corrected chi connectivity index (χ3v) is 3.19. The zero-order chi connectivity index (χ0) is 13.7. The Morgan fingerprint density at radius 3 is 2.42 bits per heavy atom. The van der Waals surface area contributed by atoms with Gasteiger partial charge in [-0.3, -0.25) is 4.79 Å². The van der Waals surface area contributed by atoms with E-state index in [2.05, 4.69) is 6.92 Å². The van der Waals surface area contributed by atoms with Gasteiger partial charge in [-0.1, -0.05) is 54.9 Å². The summed E-state index contributed by atoms with van der Waals surface area (Å²) in [6.07, 6.45) is 0.963. The van der Waals surface area contributed by atoms with E-state index >= 15 is 0 Å². The molecule has 0 radical (unpaired) electrons. The number of carbonyl (C=O) groups excluding carboxylic acids is 1. The maximum Gasteiger partial charge on any atom is 0.200 e. The highest BCUT2D eigenvalue weighted by Gasteiger charge is 2.08. The highest BCUT2D eigenvalue weighted by Crippen LogP contribution is 2.23. The molecule has 0 aliphatic carbocycles. The Kier molecular flexibility index (Phi) is 4.58. The lowest BCUT2D eigenvalue weighted by molar-refractivity contribution is 0.0921. The van der Waals surface area contributed by atoms with E-state index in [1.54, 1.807) is 12.1 Å². The number of aryl methyl sites for hydroxylation is 1. The normalized spacial score (nSPS) is 10.2. The van der Waals surface area contributed by atoms with Gasteiger partial charge in [-0.05, 0) is 24.1 Å². The van der Waals surface area contributed by atoms with Gasteiger partial charge in [-0.25, -0.2) is 0 Å². The molecule has 2 aromatic carbocycles. The quantitative estimate of drug-likeness (QED) is 0.765. The van der Waals surface area contributed by atoms with Gasteiger partial charge in [0.2, 0.25) is 0 Å². The largest absolute Gasteiger partial charge is 0.484 e. The van der Waals surface area contributed by atoms with Crippen molar-refractivity contribution in [3.05, 3.63) is 64.7 Å². The molecule has 0 saturated heterocycles. The molecule has 2 rings (SSSR count). The molecule has 3 heteroatoms. The van der Waals surface area contributed by atoms with Crippen molar-refractivity contribution in [2.24, 2.45) is 0 Å². The zero-order valence-corrected chi connectivity index (χ0v) is 11.5. The van der Waals surface area contributed by atoms with E-state index in [-0.39, 0.29) is 12.4 Å². The van der Waals surface area contributed by atoms with Gasteiger partial charge in [0.1, 0.15) is 5.75 Å². The molecule has 0 aliphatic heterocycles. The van der Waals surface area contributed by atoms with Crippen molar-refractivity contribution in [1.29, 1.82) is 0 Å². The van der Waals surface area contributed by atoms with Gasteiger partial charge in [-0.2, -0.15) is 0 Å². The first kappa shape index (κ1) is 13.6. The summed E-state index contributed by atoms with van der Waals surface area (Å²) in [7, 11) is 0. The molecular weight excluding hydrogens is 260 g/mol. The van der Waals surface area contributed by atoms with Gasteiger partial charge >= 0.3 is 0 Å². The van der Waals surface area contributed by atoms with Crippen molar-refractivity contribution in [2.45, 2.75) is 13.3 Å². The summed E-state index contributed by atoms with van der Waals surface area (Å²) in [5.74, 6) is 0.477. The first-order valence-electron chi connectivity index (χ1n) is 6.20. The molecule has 0 saturated carbocycles. The summed E-state index contributed by atoms with van der Waals surface area (Å²) in [6.45, 7) is 2.08. The van der Waals surface area contributed by atoms with Crippen molar-refractivity contribution >= 4 is 17.4 Å². The van der Waals surface area contributed by atoms with E-state index in [0.29, 0.717) is 16.3 Å². The van der Waals surface area contributed by atoms with Crippen molar-refractivity contribution in [3.8, 4) is 5.75 Å². The Bertz CT molecular complexity index is 561. The molecule has 2 aromatic rings. The third kappa shape index (κ3) is 3.58. The Morgan fingerprint density at radius 2 is 1.79 bits per heavy atom. The second-order valence-electron chi connectivity index (χ2n) is 4.19. The van der Waals surface area contributed by atoms with Crippen LogP contribution in [-0.2, 0) is 6.42 Å². The van der Waals surface area contributed by atoms with Crippen LogP contribution in [0.1, 0.15) is 22.8 Å². The summed E-state index contributed by atoms with van der Waals surface area (Å²) < 4.78 is 5.43. The average molecular weight is 275 g/mol. The van der Waals surface area contributed by atoms with Crippen LogP contribution in [0.4, 0.5) is 0 Å². The van der Waals surface area contributed by atoms with Crippen LogP contribution in [0.15, 0.2) is 48.5 Å². The van der Waals surface area contributed by atoms with E-state index < -0.39 is 0 Å². The van der Waals surface area contributed by atoms with Gasteiger partial charge in [0.25, 0.3) is 0 Å². The van der Waals surface area contributed by atoms with Gasteiger partial charge in [0.05, 0.1) is 5.02 Å². The first-order valence-corrected chi connectivity index (χ1v) is 6.58. The lowest BCUT2D eigenvalue weighted by Gasteiger charge is -2.07. The number of hydrogen-bond donors (Lipinski definition) is 0. The maximum absolute atomic E-state index is 12.0. The summed E-state index contributed by atoms with van der Waals surface area (Å²) in [5, 5.41) is 0.511. The standard InChI is InChI=1S/C16H15ClO2/c1-2-12-7-9-13(10-8-12)15(18)11-19-16-6-4-3-5-14(16)17/h3-10H,2,11H2,1H3. The molecule has 0 N–H and O–H groups in total. The molecule has 0 bridgehead atoms. The van der Waals surface area contributed by atoms with Gasteiger partial charge in [0.15, 0.2) is 12.4 Å². The van der Waals surface area contributed by atoms with E-state index in [0.717, 1.165) is 6.42 Å². The minimum Gasteiger partial charge on any atom is -0.484 e. The SMILES string of the molecule is CCc1ccc(C(=O)COc2ccccc2Cl)cc1. The zero-order valence-electron chi connectivity index (χ0n) is 10.7. The Labute approximate surface area is 118 Å². The van der Waals surface area contributed by atoms with Crippen molar-refractivity contribution in [3.63, 3.8) is 0 Å². The van der Waals surface area contributed by atoms with Crippen LogP contribution in [0.3, 0.4) is 0 Å². The molecule has 0 aliphatic rings. The molecule has 2 nitrogen and oxygen atoms in total. The van der Waals surface area contributed by atoms with Crippen LogP contribution < -0.4 is 4.74 Å². The van der Waals surface area contributed by atoms with E-state index in [4.69, 9.17) is 16.3 Å². The van der Waals surface area contributed by atoms with E-state index in [9.17, 15) is 4.79 Å². The molecule has 19 heavy (non-hydrogen) atoms. The highest BCUT2D eigenvalue weighted by molar-refractivity contribution is 6.32. The lowest BCUT2D eigenvalue weighted by atomic mass is 10.1. The van der Waals surface area contributed by atoms with Gasteiger partial charge in [-0.15, -0.1) is 0 Å². The van der Waals surface area contributed by atoms with Crippen molar-refractivity contribution in [2.75, 3.05) is 6.61 Å². The molecule has 0 spiro atoms. The van der Waals surface area contributed by atoms with Gasteiger partial charge < -0.3 is 4.74 Å². The number of ketones is 1. The van der Waals surface area contributed by atoms with Crippen LogP contribution in [0, 0.1) is 0 Å². The molecule has 0 heterocycles. The first-order chi connectivity index (χ1) is 9.20. The molecule has 0 atom stereocenters. The lowest BCUT2D eigenvalue weighted by Crippen LogP contribution is -2.11. The molecule has 0 amide bonds. The Balaban J connectivity index is 1.99. The number of ether oxygens (including phenoxy) is 1. The molecule has 0 fully saturated rings. The predicted octanol–water partition coefficient (Wildman–Crippen LogP) is 4.16. The smallest absolute Gasteiger partial charge is 0.200 e. The number of Topliss-reactive ketones (excluding diaryl/α,β-unsaturated/α-hetero) is 1. The second-order valence-corrected chi connectivity index (χ2v) is 4.60. The fourth-order valence-corrected chi connectivity index (χ4v) is 1.91. The number of hydrogen-bond acceptors (Lipinski definition) is 2. The fraction of sp³-hybridized carbons (Fsp3) is 0.188. The Morgan fingerprint density at radius 1 is 1.11 bits per heavy atom. The van der Waals surface area contributed by atoms with Crippen molar-refractivity contribution in [1.82, 2.24) is 0 Å². The van der Waals surface area contributed by atoms with Crippen LogP contribution in [0.5, 0.6) is 5.75 Å². The van der Waals surface area contributed by atoms with Crippen LogP contribution in [-0.4, -0.2) is 12.4 Å². The molecular formula is C16H15ClO2. The summed E-state index contributed by atoms with van der Waals surface area (Å²) in [4.78, 5) is 12.0. The summed E-state index contributed by atoms with van der Waals surface area (Å²) >= 11 is 5.96. The number of para-hydroxylation sites is 1. The number of rotatable bonds is 5. The number of benzene rings is 2. The topological polar surface area (TPSA) is 26.3 Å². The minimum atomic E-state index is -0.0532. The Hall–Kier alpha value is -1.80. The third-order valence-electron chi connectivity index (χ3n) is 2.88. The molecule has 0 aromatic heterocycles. The monoisotopic (exact) mass is 274 g/mol. The van der Waals surface area contributed by atoms with Crippen LogP contribution >= 0.6 is 11.6 Å². The maximum atomic E-state index is 12.0. The summed E-state index contributed by atoms with van der Waals surface area (Å²) in [5.41, 5.74) is 1.87. The van der Waals surface area contributed by atoms with Gasteiger partial charge in [0, 0.05) is 5.56 Å². The van der Waals surface area contributed by atoms with Crippen molar-refractivity contribution < 1.29 is 9.53 Å². The highest BCUT2D eigenvalue weighted by atomic mass is 35.5. The van der Waals surface area contributed by atoms with Crippen LogP contribution in [0.25, 0.3) is 0 Å². The minimum absolute atomic E-state index is 0.00476. The fourth-order valence-electron chi connectivity index (χ4n) is 1.71. The number of halogens is 1. The van der Waals surface area contributed by atoms with E-state index in [1.807, 2.05) is 36.4 Å². The average Bonchev–Trinajstić information content (AvgIpc) is 2.46. The van der Waals surface area contributed by atoms with Crippen LogP contribution in [0.2, 0.25) is 5.02 Å². The number of carbonyl (C=O) groups is 1. The second kappa shape index (κ2) is 6.39. The predicted molar refractivity (Wildman–Crippen MR) is 77.1 cm³/mol. The molecule has 98 valence electrons. The van der Waals surface area contributed by atoms with E-state index in [1.165, 1.54) is 5.56 Å². The summed E-state index contributed by atoms with van der Waals surface area (Å²) in [6, 6.07) is 14.7.